The lowest BCUT2D eigenvalue weighted by Crippen LogP contribution is -2.47. The fraction of sp³-hybridized carbons (Fsp3) is 0.774. The first-order chi connectivity index (χ1) is 30.4. The third-order valence-electron chi connectivity index (χ3n) is 11.0. The number of rotatable bonds is 45. The van der Waals surface area contributed by atoms with Gasteiger partial charge in [0.05, 0.1) is 33.8 Å². The fourth-order valence-corrected chi connectivity index (χ4v) is 7.69. The maximum Gasteiger partial charge on any atom is 0.306 e. The number of nitrogens with zero attached hydrogens (tertiary/aromatic N) is 1. The Morgan fingerprint density at radius 2 is 1.05 bits per heavy atom. The summed E-state index contributed by atoms with van der Waals surface area (Å²) in [5, 5.41) is 2.99. The highest BCUT2D eigenvalue weighted by Crippen LogP contribution is 2.38. The van der Waals surface area contributed by atoms with Crippen LogP contribution in [-0.4, -0.2) is 69.4 Å². The Kier molecular flexibility index (Phi) is 42.0. The SMILES string of the molecule is CC/C=C/C=C/C=C/CCCCCCCCCC(=O)OC(/C=C/CCCCCCCCCCC)C(COP(=O)([O-])OCC[N+](C)(C)C)NC(=O)CCCCCCC/C=C\CCCC. The summed E-state index contributed by atoms with van der Waals surface area (Å²) < 4.78 is 30.1. The number of nitrogens with one attached hydrogen (secondary N) is 1. The van der Waals surface area contributed by atoms with Crippen molar-refractivity contribution in [2.75, 3.05) is 40.9 Å². The molecule has 0 radical (unpaired) electrons. The van der Waals surface area contributed by atoms with Crippen LogP contribution in [0, 0.1) is 0 Å². The van der Waals surface area contributed by atoms with Gasteiger partial charge in [0.15, 0.2) is 0 Å². The van der Waals surface area contributed by atoms with Gasteiger partial charge in [-0.2, -0.15) is 0 Å². The van der Waals surface area contributed by atoms with E-state index in [1.807, 2.05) is 33.3 Å². The molecule has 0 aromatic heterocycles. The van der Waals surface area contributed by atoms with Gasteiger partial charge >= 0.3 is 5.97 Å². The van der Waals surface area contributed by atoms with Crippen LogP contribution in [0.1, 0.15) is 213 Å². The lowest BCUT2D eigenvalue weighted by atomic mass is 10.1. The molecule has 3 atom stereocenters. The van der Waals surface area contributed by atoms with Crippen LogP contribution in [0.5, 0.6) is 0 Å². The summed E-state index contributed by atoms with van der Waals surface area (Å²) >= 11 is 0. The van der Waals surface area contributed by atoms with Crippen LogP contribution in [0.2, 0.25) is 0 Å². The van der Waals surface area contributed by atoms with Crippen molar-refractivity contribution in [3.05, 3.63) is 60.8 Å². The second-order valence-corrected chi connectivity index (χ2v) is 19.8. The minimum atomic E-state index is -4.69. The minimum Gasteiger partial charge on any atom is -0.756 e. The average Bonchev–Trinajstić information content (AvgIpc) is 3.23. The molecule has 0 aliphatic heterocycles. The molecule has 63 heavy (non-hydrogen) atoms. The molecule has 0 saturated carbocycles. The van der Waals surface area contributed by atoms with Gasteiger partial charge < -0.3 is 28.5 Å². The molecule has 0 aliphatic rings. The molecule has 0 saturated heterocycles. The van der Waals surface area contributed by atoms with Gasteiger partial charge in [0.1, 0.15) is 19.3 Å². The Morgan fingerprint density at radius 3 is 1.60 bits per heavy atom. The molecule has 0 bridgehead atoms. The standard InChI is InChI=1S/C53H97N2O7P/c1-7-10-13-16-19-22-25-26-27-28-31-34-37-40-43-46-53(57)62-51(44-41-38-35-32-29-23-20-17-14-11-8-2)50(49-61-63(58,59)60-48-47-55(4,5)6)54-52(56)45-42-39-36-33-30-24-21-18-15-12-9-3/h10,13,16,18-19,21-22,25,41,44,50-51H,7-9,11-12,14-15,17,20,23-24,26-40,42-43,45-49H2,1-6H3,(H-,54,56,58,59)/b13-10+,19-16+,21-18-,25-22+,44-41+. The van der Waals surface area contributed by atoms with Crippen LogP contribution in [0.15, 0.2) is 60.8 Å². The number of ether oxygens (including phenoxy) is 1. The second kappa shape index (κ2) is 43.6. The summed E-state index contributed by atoms with van der Waals surface area (Å²) in [7, 11) is 1.16. The number of phosphoric acid groups is 1. The average molecular weight is 905 g/mol. The van der Waals surface area contributed by atoms with Crippen LogP contribution in [-0.2, 0) is 27.9 Å². The zero-order valence-electron chi connectivity index (χ0n) is 41.5. The molecule has 0 aliphatic carbocycles. The maximum absolute atomic E-state index is 13.4. The summed E-state index contributed by atoms with van der Waals surface area (Å²) in [6.45, 7) is 6.63. The molecular weight excluding hydrogens is 808 g/mol. The van der Waals surface area contributed by atoms with Crippen molar-refractivity contribution < 1.29 is 37.3 Å². The minimum absolute atomic E-state index is 0.0277. The summed E-state index contributed by atoms with van der Waals surface area (Å²) in [6, 6.07) is -0.895. The molecule has 0 spiro atoms. The van der Waals surface area contributed by atoms with Crippen molar-refractivity contribution in [3.8, 4) is 0 Å². The zero-order valence-corrected chi connectivity index (χ0v) is 42.4. The molecule has 0 rings (SSSR count). The predicted octanol–water partition coefficient (Wildman–Crippen LogP) is 14.1. The van der Waals surface area contributed by atoms with Crippen LogP contribution in [0.4, 0.5) is 0 Å². The summed E-state index contributed by atoms with van der Waals surface area (Å²) in [6.07, 6.45) is 51.8. The van der Waals surface area contributed by atoms with Gasteiger partial charge in [-0.15, -0.1) is 0 Å². The predicted molar refractivity (Wildman–Crippen MR) is 265 cm³/mol. The van der Waals surface area contributed by atoms with E-state index >= 15 is 0 Å². The molecular formula is C53H97N2O7P. The third kappa shape index (κ3) is 44.7. The van der Waals surface area contributed by atoms with Crippen molar-refractivity contribution in [3.63, 3.8) is 0 Å². The van der Waals surface area contributed by atoms with Gasteiger partial charge in [0.25, 0.3) is 7.82 Å². The van der Waals surface area contributed by atoms with Gasteiger partial charge in [-0.1, -0.05) is 191 Å². The lowest BCUT2D eigenvalue weighted by Gasteiger charge is -2.30. The Balaban J connectivity index is 5.44. The number of esters is 1. The van der Waals surface area contributed by atoms with E-state index in [2.05, 4.69) is 74.7 Å². The van der Waals surface area contributed by atoms with Gasteiger partial charge in [0.2, 0.25) is 5.91 Å². The molecule has 366 valence electrons. The van der Waals surface area contributed by atoms with E-state index in [9.17, 15) is 19.0 Å². The molecule has 0 heterocycles. The van der Waals surface area contributed by atoms with Crippen molar-refractivity contribution in [1.82, 2.24) is 5.32 Å². The van der Waals surface area contributed by atoms with Crippen LogP contribution in [0.25, 0.3) is 0 Å². The first-order valence-corrected chi connectivity index (χ1v) is 27.1. The van der Waals surface area contributed by atoms with E-state index in [0.29, 0.717) is 23.9 Å². The lowest BCUT2D eigenvalue weighted by molar-refractivity contribution is -0.870. The molecule has 1 N–H and O–H groups in total. The summed E-state index contributed by atoms with van der Waals surface area (Å²) in [5.74, 6) is -0.571. The Hall–Kier alpha value is -2.29. The number of unbranched alkanes of at least 4 members (excludes halogenated alkanes) is 23. The van der Waals surface area contributed by atoms with E-state index in [1.54, 1.807) is 0 Å². The van der Waals surface area contributed by atoms with Gasteiger partial charge in [-0.05, 0) is 70.3 Å². The highest BCUT2D eigenvalue weighted by atomic mass is 31.2. The Labute approximate surface area is 388 Å². The van der Waals surface area contributed by atoms with Gasteiger partial charge in [0, 0.05) is 12.8 Å². The van der Waals surface area contributed by atoms with Gasteiger partial charge in [-0.25, -0.2) is 0 Å². The number of allylic oxidation sites excluding steroid dienone is 9. The Bertz CT molecular complexity index is 1270. The van der Waals surface area contributed by atoms with Crippen molar-refractivity contribution in [2.24, 2.45) is 0 Å². The molecule has 0 aromatic rings. The zero-order chi connectivity index (χ0) is 46.5. The van der Waals surface area contributed by atoms with Crippen LogP contribution < -0.4 is 10.2 Å². The Morgan fingerprint density at radius 1 is 0.571 bits per heavy atom. The van der Waals surface area contributed by atoms with E-state index < -0.39 is 26.6 Å². The highest BCUT2D eigenvalue weighted by molar-refractivity contribution is 7.45. The number of likely N-dealkylation sites (N-methyl/N-ethyl adjacent to an activating group) is 1. The van der Waals surface area contributed by atoms with Crippen molar-refractivity contribution in [2.45, 2.75) is 226 Å². The van der Waals surface area contributed by atoms with E-state index in [1.165, 1.54) is 77.0 Å². The van der Waals surface area contributed by atoms with E-state index in [-0.39, 0.29) is 24.9 Å². The molecule has 9 nitrogen and oxygen atoms in total. The number of hydrogen-bond donors (Lipinski definition) is 1. The first kappa shape index (κ1) is 60.7. The number of carbonyl (C=O) groups excluding carboxylic acids is 2. The third-order valence-corrected chi connectivity index (χ3v) is 12.0. The smallest absolute Gasteiger partial charge is 0.306 e. The molecule has 3 unspecified atom stereocenters. The maximum atomic E-state index is 13.4. The fourth-order valence-electron chi connectivity index (χ4n) is 6.97. The quantitative estimate of drug-likeness (QED) is 0.0162. The highest BCUT2D eigenvalue weighted by Gasteiger charge is 2.27. The molecule has 0 aromatic carbocycles. The van der Waals surface area contributed by atoms with Crippen LogP contribution in [0.3, 0.4) is 0 Å². The topological polar surface area (TPSA) is 114 Å². The molecule has 0 fully saturated rings. The van der Waals surface area contributed by atoms with Crippen molar-refractivity contribution in [1.29, 1.82) is 0 Å². The number of hydrogen-bond acceptors (Lipinski definition) is 7. The largest absolute Gasteiger partial charge is 0.756 e. The monoisotopic (exact) mass is 905 g/mol. The van der Waals surface area contributed by atoms with Crippen molar-refractivity contribution >= 4 is 19.7 Å². The van der Waals surface area contributed by atoms with Gasteiger partial charge in [-0.3, -0.25) is 14.2 Å². The summed E-state index contributed by atoms with van der Waals surface area (Å²) in [4.78, 5) is 39.6. The number of phosphoric ester groups is 1. The number of quaternary nitrogens is 1. The number of carbonyl (C=O) groups is 2. The second-order valence-electron chi connectivity index (χ2n) is 18.3. The van der Waals surface area contributed by atoms with E-state index in [4.69, 9.17) is 13.8 Å². The van der Waals surface area contributed by atoms with Crippen LogP contribution >= 0.6 is 7.82 Å². The molecule has 1 amide bonds. The first-order valence-electron chi connectivity index (χ1n) is 25.6. The van der Waals surface area contributed by atoms with E-state index in [0.717, 1.165) is 96.3 Å². The molecule has 10 heteroatoms. The number of amides is 1. The normalized spacial score (nSPS) is 14.5. The summed E-state index contributed by atoms with van der Waals surface area (Å²) in [5.41, 5.74) is 0.